The third kappa shape index (κ3) is 1.67. The van der Waals surface area contributed by atoms with Gasteiger partial charge in [-0.2, -0.15) is 0 Å². The number of aliphatic hydroxyl groups is 2. The highest BCUT2D eigenvalue weighted by atomic mass is 32.1. The molecule has 1 heterocycles. The molecule has 0 amide bonds. The van der Waals surface area contributed by atoms with Crippen LogP contribution in [0.2, 0.25) is 0 Å². The molecule has 0 spiro atoms. The summed E-state index contributed by atoms with van der Waals surface area (Å²) in [5.74, 6) is -0.634. The molecule has 0 aliphatic heterocycles. The van der Waals surface area contributed by atoms with Gasteiger partial charge in [0.1, 0.15) is 0 Å². The zero-order valence-electron chi connectivity index (χ0n) is 8.10. The van der Waals surface area contributed by atoms with Crippen LogP contribution in [0, 0.1) is 6.92 Å². The molecule has 0 saturated heterocycles. The summed E-state index contributed by atoms with van der Waals surface area (Å²) >= 11 is 1.48. The van der Waals surface area contributed by atoms with Crippen molar-refractivity contribution in [1.82, 2.24) is 0 Å². The Hall–Kier alpha value is -1.23. The van der Waals surface area contributed by atoms with Crippen LogP contribution in [0.5, 0.6) is 0 Å². The molecular formula is C11H10O3S. The largest absolute Gasteiger partial charge is 0.362 e. The van der Waals surface area contributed by atoms with Crippen LogP contribution in [0.1, 0.15) is 15.2 Å². The summed E-state index contributed by atoms with van der Waals surface area (Å²) in [5, 5.41) is 18.6. The molecule has 15 heavy (non-hydrogen) atoms. The predicted octanol–water partition coefficient (Wildman–Crippen LogP) is 1.70. The van der Waals surface area contributed by atoms with Crippen LogP contribution in [-0.2, 0) is 0 Å². The van der Waals surface area contributed by atoms with Gasteiger partial charge in [-0.1, -0.05) is 18.2 Å². The maximum Gasteiger partial charge on any atom is 0.220 e. The van der Waals surface area contributed by atoms with E-state index in [1.54, 1.807) is 6.92 Å². The number of hydrogen-bond donors (Lipinski definition) is 2. The molecule has 1 aromatic carbocycles. The Morgan fingerprint density at radius 3 is 2.67 bits per heavy atom. The highest BCUT2D eigenvalue weighted by Gasteiger charge is 2.20. The standard InChI is InChI=1S/C11H10O3S/c1-6-9(10(12)11(13)14)7-4-2-3-5-8(7)15-6/h2-5,11,13-14H,1H3. The first-order valence-corrected chi connectivity index (χ1v) is 5.31. The zero-order valence-corrected chi connectivity index (χ0v) is 8.91. The number of rotatable bonds is 2. The van der Waals surface area contributed by atoms with E-state index in [-0.39, 0.29) is 0 Å². The van der Waals surface area contributed by atoms with Crippen molar-refractivity contribution in [2.45, 2.75) is 13.2 Å². The lowest BCUT2D eigenvalue weighted by Gasteiger charge is -2.02. The van der Waals surface area contributed by atoms with E-state index in [0.29, 0.717) is 5.56 Å². The van der Waals surface area contributed by atoms with Crippen LogP contribution in [-0.4, -0.2) is 22.3 Å². The van der Waals surface area contributed by atoms with Gasteiger partial charge in [0.15, 0.2) is 0 Å². The van der Waals surface area contributed by atoms with Gasteiger partial charge in [0, 0.05) is 20.5 Å². The molecule has 2 rings (SSSR count). The first-order chi connectivity index (χ1) is 7.11. The summed E-state index contributed by atoms with van der Waals surface area (Å²) in [4.78, 5) is 12.4. The topological polar surface area (TPSA) is 57.5 Å². The Morgan fingerprint density at radius 1 is 1.33 bits per heavy atom. The summed E-state index contributed by atoms with van der Waals surface area (Å²) in [6.45, 7) is 1.81. The van der Waals surface area contributed by atoms with Gasteiger partial charge in [0.05, 0.1) is 0 Å². The Labute approximate surface area is 90.6 Å². The molecule has 2 N–H and O–H groups in total. The maximum absolute atomic E-state index is 11.5. The molecule has 3 nitrogen and oxygen atoms in total. The van der Waals surface area contributed by atoms with Crippen molar-refractivity contribution in [3.05, 3.63) is 34.7 Å². The van der Waals surface area contributed by atoms with E-state index in [2.05, 4.69) is 0 Å². The molecule has 0 saturated carbocycles. The average Bonchev–Trinajstić information content (AvgIpc) is 2.52. The van der Waals surface area contributed by atoms with E-state index < -0.39 is 12.1 Å². The highest BCUT2D eigenvalue weighted by molar-refractivity contribution is 7.19. The predicted molar refractivity (Wildman–Crippen MR) is 59.1 cm³/mol. The quantitative estimate of drug-likeness (QED) is 0.600. The SMILES string of the molecule is Cc1sc2ccccc2c1C(=O)C(O)O. The lowest BCUT2D eigenvalue weighted by atomic mass is 10.1. The molecule has 0 unspecified atom stereocenters. The van der Waals surface area contributed by atoms with Crippen molar-refractivity contribution in [1.29, 1.82) is 0 Å². The van der Waals surface area contributed by atoms with E-state index in [9.17, 15) is 4.79 Å². The first kappa shape index (κ1) is 10.3. The molecule has 0 bridgehead atoms. The molecule has 2 aromatic rings. The first-order valence-electron chi connectivity index (χ1n) is 4.49. The highest BCUT2D eigenvalue weighted by Crippen LogP contribution is 2.31. The lowest BCUT2D eigenvalue weighted by molar-refractivity contribution is -0.0194. The fourth-order valence-electron chi connectivity index (χ4n) is 1.60. The molecule has 0 atom stereocenters. The van der Waals surface area contributed by atoms with E-state index in [1.807, 2.05) is 24.3 Å². The number of carbonyl (C=O) groups is 1. The van der Waals surface area contributed by atoms with Gasteiger partial charge in [-0.05, 0) is 13.0 Å². The lowest BCUT2D eigenvalue weighted by Crippen LogP contribution is -2.19. The van der Waals surface area contributed by atoms with Crippen LogP contribution in [0.3, 0.4) is 0 Å². The smallest absolute Gasteiger partial charge is 0.220 e. The van der Waals surface area contributed by atoms with Crippen LogP contribution in [0.15, 0.2) is 24.3 Å². The van der Waals surface area contributed by atoms with Crippen molar-refractivity contribution in [2.75, 3.05) is 0 Å². The van der Waals surface area contributed by atoms with Crippen molar-refractivity contribution < 1.29 is 15.0 Å². The van der Waals surface area contributed by atoms with E-state index in [4.69, 9.17) is 10.2 Å². The molecule has 0 aliphatic rings. The minimum atomic E-state index is -1.93. The number of thiophene rings is 1. The number of carbonyl (C=O) groups excluding carboxylic acids is 1. The number of benzene rings is 1. The van der Waals surface area contributed by atoms with Crippen molar-refractivity contribution >= 4 is 27.2 Å². The van der Waals surface area contributed by atoms with Gasteiger partial charge in [0.2, 0.25) is 12.1 Å². The molecule has 0 radical (unpaired) electrons. The molecule has 1 aromatic heterocycles. The van der Waals surface area contributed by atoms with E-state index in [1.165, 1.54) is 11.3 Å². The number of hydrogen-bond acceptors (Lipinski definition) is 4. The maximum atomic E-state index is 11.5. The molecular weight excluding hydrogens is 212 g/mol. The monoisotopic (exact) mass is 222 g/mol. The van der Waals surface area contributed by atoms with Crippen molar-refractivity contribution in [3.8, 4) is 0 Å². The summed E-state index contributed by atoms with van der Waals surface area (Å²) < 4.78 is 0.985. The molecule has 0 aliphatic carbocycles. The van der Waals surface area contributed by atoms with Gasteiger partial charge in [-0.3, -0.25) is 4.79 Å². The number of ketones is 1. The second-order valence-corrected chi connectivity index (χ2v) is 4.52. The normalized spacial score (nSPS) is 11.2. The number of fused-ring (bicyclic) bond motifs is 1. The van der Waals surface area contributed by atoms with Crippen LogP contribution in [0.4, 0.5) is 0 Å². The van der Waals surface area contributed by atoms with Crippen LogP contribution >= 0.6 is 11.3 Å². The minimum absolute atomic E-state index is 0.422. The third-order valence-electron chi connectivity index (χ3n) is 2.25. The van der Waals surface area contributed by atoms with Crippen LogP contribution < -0.4 is 0 Å². The third-order valence-corrected chi connectivity index (χ3v) is 3.34. The fraction of sp³-hybridized carbons (Fsp3) is 0.182. The zero-order chi connectivity index (χ0) is 11.0. The van der Waals surface area contributed by atoms with E-state index in [0.717, 1.165) is 15.0 Å². The van der Waals surface area contributed by atoms with Crippen molar-refractivity contribution in [2.24, 2.45) is 0 Å². The minimum Gasteiger partial charge on any atom is -0.362 e. The van der Waals surface area contributed by atoms with Gasteiger partial charge in [0.25, 0.3) is 0 Å². The fourth-order valence-corrected chi connectivity index (χ4v) is 2.67. The Bertz CT molecular complexity index is 514. The summed E-state index contributed by atoms with van der Waals surface area (Å²) in [6.07, 6.45) is -1.93. The van der Waals surface area contributed by atoms with Gasteiger partial charge in [-0.25, -0.2) is 0 Å². The van der Waals surface area contributed by atoms with Gasteiger partial charge < -0.3 is 10.2 Å². The average molecular weight is 222 g/mol. The summed E-state index contributed by atoms with van der Waals surface area (Å²) in [5.41, 5.74) is 0.422. The molecule has 4 heteroatoms. The van der Waals surface area contributed by atoms with E-state index >= 15 is 0 Å². The second-order valence-electron chi connectivity index (χ2n) is 3.27. The van der Waals surface area contributed by atoms with Gasteiger partial charge >= 0.3 is 0 Å². The Balaban J connectivity index is 2.69. The Kier molecular flexibility index (Phi) is 2.56. The summed E-state index contributed by atoms with van der Waals surface area (Å²) in [6, 6.07) is 7.44. The number of Topliss-reactive ketones (excluding diaryl/α,β-unsaturated/α-hetero) is 1. The number of aliphatic hydroxyl groups excluding tert-OH is 1. The van der Waals surface area contributed by atoms with Crippen molar-refractivity contribution in [3.63, 3.8) is 0 Å². The molecule has 78 valence electrons. The summed E-state index contributed by atoms with van der Waals surface area (Å²) in [7, 11) is 0. The van der Waals surface area contributed by atoms with Gasteiger partial charge in [-0.15, -0.1) is 11.3 Å². The van der Waals surface area contributed by atoms with Crippen LogP contribution in [0.25, 0.3) is 10.1 Å². The Morgan fingerprint density at radius 2 is 2.00 bits per heavy atom. The number of aryl methyl sites for hydroxylation is 1. The molecule has 0 fully saturated rings. The second kappa shape index (κ2) is 3.73.